The molecular formula is C19H22N2O3. The summed E-state index contributed by atoms with van der Waals surface area (Å²) < 4.78 is 0. The van der Waals surface area contributed by atoms with Crippen LogP contribution >= 0.6 is 0 Å². The van der Waals surface area contributed by atoms with Crippen molar-refractivity contribution in [2.24, 2.45) is 0 Å². The molecule has 0 saturated heterocycles. The van der Waals surface area contributed by atoms with Crippen molar-refractivity contribution in [1.82, 2.24) is 4.98 Å². The molecule has 0 fully saturated rings. The number of hydrogen-bond acceptors (Lipinski definition) is 3. The summed E-state index contributed by atoms with van der Waals surface area (Å²) in [6.07, 6.45) is 0. The molecule has 1 aromatic heterocycles. The van der Waals surface area contributed by atoms with Gasteiger partial charge in [-0.2, -0.15) is 0 Å². The molecule has 0 aliphatic carbocycles. The van der Waals surface area contributed by atoms with Gasteiger partial charge in [0.25, 0.3) is 5.91 Å². The van der Waals surface area contributed by atoms with E-state index in [0.717, 1.165) is 5.69 Å². The fraction of sp³-hybridized carbons (Fsp3) is 0.316. The lowest BCUT2D eigenvalue weighted by Gasteiger charge is -2.22. The molecule has 0 radical (unpaired) electrons. The smallest absolute Gasteiger partial charge is 0.337 e. The minimum absolute atomic E-state index is 0.0481. The summed E-state index contributed by atoms with van der Waals surface area (Å²) in [6, 6.07) is 10.7. The average Bonchev–Trinajstić information content (AvgIpc) is 2.52. The second-order valence-electron chi connectivity index (χ2n) is 6.80. The van der Waals surface area contributed by atoms with Gasteiger partial charge in [-0.15, -0.1) is 0 Å². The third-order valence-corrected chi connectivity index (χ3v) is 3.96. The molecule has 0 unspecified atom stereocenters. The Labute approximate surface area is 142 Å². The number of carbonyl (C=O) groups is 2. The molecule has 0 aliphatic rings. The number of aryl methyl sites for hydroxylation is 1. The molecule has 5 nitrogen and oxygen atoms in total. The number of carboxylic acids is 1. The van der Waals surface area contributed by atoms with Crippen LogP contribution in [0.15, 0.2) is 36.4 Å². The predicted octanol–water partition coefficient (Wildman–Crippen LogP) is 3.66. The first-order chi connectivity index (χ1) is 11.1. The van der Waals surface area contributed by atoms with Gasteiger partial charge in [0.2, 0.25) is 0 Å². The van der Waals surface area contributed by atoms with Crippen molar-refractivity contribution in [3.05, 3.63) is 58.9 Å². The minimum Gasteiger partial charge on any atom is -0.478 e. The van der Waals surface area contributed by atoms with Crippen LogP contribution in [0.4, 0.5) is 5.69 Å². The van der Waals surface area contributed by atoms with Crippen molar-refractivity contribution in [1.29, 1.82) is 0 Å². The van der Waals surface area contributed by atoms with Gasteiger partial charge in [-0.05, 0) is 42.2 Å². The van der Waals surface area contributed by atoms with Crippen LogP contribution in [0, 0.1) is 6.92 Å². The van der Waals surface area contributed by atoms with E-state index < -0.39 is 5.97 Å². The number of hydrogen-bond donors (Lipinski definition) is 1. The average molecular weight is 326 g/mol. The molecule has 1 heterocycles. The monoisotopic (exact) mass is 326 g/mol. The van der Waals surface area contributed by atoms with Crippen LogP contribution in [-0.4, -0.2) is 29.0 Å². The third kappa shape index (κ3) is 3.62. The lowest BCUT2D eigenvalue weighted by Crippen LogP contribution is -2.27. The summed E-state index contributed by atoms with van der Waals surface area (Å²) in [5.41, 5.74) is 2.64. The Morgan fingerprint density at radius 3 is 2.08 bits per heavy atom. The zero-order chi connectivity index (χ0) is 18.1. The highest BCUT2D eigenvalue weighted by Crippen LogP contribution is 2.25. The van der Waals surface area contributed by atoms with Crippen LogP contribution < -0.4 is 4.90 Å². The second-order valence-corrected chi connectivity index (χ2v) is 6.80. The molecule has 2 aromatic rings. The SMILES string of the molecule is Cc1nc(C(=O)N(C)c2ccc(C(C)(C)C)cc2)ccc1C(=O)O. The van der Waals surface area contributed by atoms with Crippen LogP contribution in [0.25, 0.3) is 0 Å². The van der Waals surface area contributed by atoms with Crippen LogP contribution in [0.5, 0.6) is 0 Å². The Kier molecular flexibility index (Phi) is 4.73. The maximum Gasteiger partial charge on any atom is 0.337 e. The highest BCUT2D eigenvalue weighted by Gasteiger charge is 2.19. The molecule has 0 aliphatic heterocycles. The fourth-order valence-corrected chi connectivity index (χ4v) is 2.38. The minimum atomic E-state index is -1.05. The lowest BCUT2D eigenvalue weighted by atomic mass is 9.87. The van der Waals surface area contributed by atoms with Crippen molar-refractivity contribution in [2.75, 3.05) is 11.9 Å². The highest BCUT2D eigenvalue weighted by atomic mass is 16.4. The Hall–Kier alpha value is -2.69. The number of aromatic nitrogens is 1. The largest absolute Gasteiger partial charge is 0.478 e. The van der Waals surface area contributed by atoms with E-state index in [1.54, 1.807) is 14.0 Å². The Bertz CT molecular complexity index is 774. The van der Waals surface area contributed by atoms with E-state index >= 15 is 0 Å². The van der Waals surface area contributed by atoms with E-state index in [0.29, 0.717) is 5.69 Å². The zero-order valence-electron chi connectivity index (χ0n) is 14.6. The number of pyridine rings is 1. The first-order valence-corrected chi connectivity index (χ1v) is 7.71. The molecule has 5 heteroatoms. The molecule has 1 N–H and O–H groups in total. The lowest BCUT2D eigenvalue weighted by molar-refractivity contribution is 0.0695. The maximum atomic E-state index is 12.6. The third-order valence-electron chi connectivity index (χ3n) is 3.96. The van der Waals surface area contributed by atoms with Gasteiger partial charge in [-0.1, -0.05) is 32.9 Å². The number of anilines is 1. The molecule has 2 rings (SSSR count). The molecular weight excluding hydrogens is 304 g/mol. The Morgan fingerprint density at radius 2 is 1.62 bits per heavy atom. The highest BCUT2D eigenvalue weighted by molar-refractivity contribution is 6.04. The molecule has 0 atom stereocenters. The number of aromatic carboxylic acids is 1. The van der Waals surface area contributed by atoms with Gasteiger partial charge in [-0.3, -0.25) is 4.79 Å². The molecule has 0 saturated carbocycles. The quantitative estimate of drug-likeness (QED) is 0.934. The number of rotatable bonds is 3. The molecule has 126 valence electrons. The molecule has 1 aromatic carbocycles. The maximum absolute atomic E-state index is 12.6. The van der Waals surface area contributed by atoms with Gasteiger partial charge in [0.05, 0.1) is 11.3 Å². The number of carboxylic acid groups (broad SMARTS) is 1. The van der Waals surface area contributed by atoms with Gasteiger partial charge in [0.15, 0.2) is 0 Å². The first-order valence-electron chi connectivity index (χ1n) is 7.71. The van der Waals surface area contributed by atoms with E-state index in [2.05, 4.69) is 25.8 Å². The summed E-state index contributed by atoms with van der Waals surface area (Å²) in [7, 11) is 1.68. The number of nitrogens with zero attached hydrogens (tertiary/aromatic N) is 2. The molecule has 24 heavy (non-hydrogen) atoms. The summed E-state index contributed by atoms with van der Waals surface area (Å²) in [6.45, 7) is 7.98. The van der Waals surface area contributed by atoms with Gasteiger partial charge in [-0.25, -0.2) is 9.78 Å². The van der Waals surface area contributed by atoms with Gasteiger partial charge < -0.3 is 10.0 Å². The van der Waals surface area contributed by atoms with E-state index in [1.807, 2.05) is 24.3 Å². The first kappa shape index (κ1) is 17.7. The number of benzene rings is 1. The van der Waals surface area contributed by atoms with E-state index in [4.69, 9.17) is 5.11 Å². The molecule has 0 spiro atoms. The van der Waals surface area contributed by atoms with Crippen molar-refractivity contribution in [3.63, 3.8) is 0 Å². The number of amides is 1. The van der Waals surface area contributed by atoms with Crippen LogP contribution in [-0.2, 0) is 5.41 Å². The van der Waals surface area contributed by atoms with E-state index in [-0.39, 0.29) is 22.6 Å². The van der Waals surface area contributed by atoms with Gasteiger partial charge in [0, 0.05) is 12.7 Å². The Morgan fingerprint density at radius 1 is 1.04 bits per heavy atom. The molecule has 0 bridgehead atoms. The van der Waals surface area contributed by atoms with Crippen LogP contribution in [0.3, 0.4) is 0 Å². The van der Waals surface area contributed by atoms with Crippen molar-refractivity contribution in [3.8, 4) is 0 Å². The number of carbonyl (C=O) groups excluding carboxylic acids is 1. The summed E-state index contributed by atoms with van der Waals surface area (Å²) in [5.74, 6) is -1.33. The summed E-state index contributed by atoms with van der Waals surface area (Å²) >= 11 is 0. The van der Waals surface area contributed by atoms with Crippen molar-refractivity contribution < 1.29 is 14.7 Å². The predicted molar refractivity (Wildman–Crippen MR) is 93.8 cm³/mol. The van der Waals surface area contributed by atoms with Gasteiger partial charge in [0.1, 0.15) is 5.69 Å². The van der Waals surface area contributed by atoms with Gasteiger partial charge >= 0.3 is 5.97 Å². The van der Waals surface area contributed by atoms with E-state index in [1.165, 1.54) is 22.6 Å². The van der Waals surface area contributed by atoms with E-state index in [9.17, 15) is 9.59 Å². The standard InChI is InChI=1S/C19H22N2O3/c1-12-15(18(23)24)10-11-16(20-12)17(22)21(5)14-8-6-13(7-9-14)19(2,3)4/h6-11H,1-5H3,(H,23,24). The summed E-state index contributed by atoms with van der Waals surface area (Å²) in [4.78, 5) is 29.2. The molecule has 1 amide bonds. The van der Waals surface area contributed by atoms with Crippen molar-refractivity contribution >= 4 is 17.6 Å². The zero-order valence-corrected chi connectivity index (χ0v) is 14.6. The van der Waals surface area contributed by atoms with Crippen LogP contribution in [0.2, 0.25) is 0 Å². The summed E-state index contributed by atoms with van der Waals surface area (Å²) in [5, 5.41) is 9.04. The van der Waals surface area contributed by atoms with Crippen LogP contribution in [0.1, 0.15) is 52.9 Å². The fourth-order valence-electron chi connectivity index (χ4n) is 2.38. The Balaban J connectivity index is 2.26. The topological polar surface area (TPSA) is 70.5 Å². The van der Waals surface area contributed by atoms with Crippen molar-refractivity contribution in [2.45, 2.75) is 33.1 Å². The second kappa shape index (κ2) is 6.43. The normalized spacial score (nSPS) is 11.2.